The van der Waals surface area contributed by atoms with Crippen LogP contribution in [0.1, 0.15) is 32.1 Å². The molecule has 0 amide bonds. The summed E-state index contributed by atoms with van der Waals surface area (Å²) in [4.78, 5) is 1.83. The van der Waals surface area contributed by atoms with Gasteiger partial charge in [0.2, 0.25) is 0 Å². The second-order valence-electron chi connectivity index (χ2n) is 3.65. The Morgan fingerprint density at radius 3 is 1.90 bits per heavy atom. The van der Waals surface area contributed by atoms with Crippen molar-refractivity contribution in [3.63, 3.8) is 0 Å². The number of fused-ring (bicyclic) bond motifs is 2. The summed E-state index contributed by atoms with van der Waals surface area (Å²) in [7, 11) is 2.38. The van der Waals surface area contributed by atoms with Crippen LogP contribution in [0, 0.1) is 0 Å². The van der Waals surface area contributed by atoms with Gasteiger partial charge in [-0.2, -0.15) is 0 Å². The Hall–Kier alpha value is 0.440. The molecule has 2 heterocycles. The predicted octanol–water partition coefficient (Wildman–Crippen LogP) is -2.78. The lowest BCUT2D eigenvalue weighted by Crippen LogP contribution is -3.15. The van der Waals surface area contributed by atoms with E-state index in [1.165, 1.54) is 32.1 Å². The predicted molar refractivity (Wildman–Crippen MR) is 37.5 cm³/mol. The van der Waals surface area contributed by atoms with Crippen molar-refractivity contribution in [1.29, 1.82) is 0 Å². The van der Waals surface area contributed by atoms with Gasteiger partial charge in [-0.1, -0.05) is 0 Å². The average molecular weight is 206 g/mol. The highest BCUT2D eigenvalue weighted by molar-refractivity contribution is 4.75. The summed E-state index contributed by atoms with van der Waals surface area (Å²) in [5.74, 6) is 0. The van der Waals surface area contributed by atoms with E-state index >= 15 is 0 Å². The topological polar surface area (TPSA) is 4.44 Å². The van der Waals surface area contributed by atoms with E-state index in [0.717, 1.165) is 12.1 Å². The van der Waals surface area contributed by atoms with E-state index < -0.39 is 0 Å². The molecule has 0 aromatic rings. The molecule has 1 nitrogen and oxygen atoms in total. The van der Waals surface area contributed by atoms with Crippen LogP contribution in [0.5, 0.6) is 0 Å². The molecule has 2 fully saturated rings. The van der Waals surface area contributed by atoms with Gasteiger partial charge >= 0.3 is 0 Å². The molecule has 2 heteroatoms. The smallest absolute Gasteiger partial charge is 0.0877 e. The molecular weight excluding hydrogens is 190 g/mol. The second-order valence-corrected chi connectivity index (χ2v) is 3.65. The zero-order valence-corrected chi connectivity index (χ0v) is 8.15. The van der Waals surface area contributed by atoms with Crippen molar-refractivity contribution in [1.82, 2.24) is 0 Å². The highest BCUT2D eigenvalue weighted by Crippen LogP contribution is 2.21. The molecule has 0 radical (unpaired) electrons. The highest BCUT2D eigenvalue weighted by Gasteiger charge is 2.37. The van der Waals surface area contributed by atoms with Gasteiger partial charge in [-0.15, -0.1) is 0 Å². The Morgan fingerprint density at radius 2 is 1.50 bits per heavy atom. The third-order valence-corrected chi connectivity index (χ3v) is 3.26. The number of nitrogens with one attached hydrogen (secondary N) is 1. The number of rotatable bonds is 0. The van der Waals surface area contributed by atoms with E-state index in [1.54, 1.807) is 0 Å². The minimum Gasteiger partial charge on any atom is -1.00 e. The summed E-state index contributed by atoms with van der Waals surface area (Å²) in [6.07, 6.45) is 7.53. The van der Waals surface area contributed by atoms with Gasteiger partial charge in [0.25, 0.3) is 0 Å². The summed E-state index contributed by atoms with van der Waals surface area (Å²) in [6.45, 7) is 0. The van der Waals surface area contributed by atoms with Gasteiger partial charge in [-0.25, -0.2) is 0 Å². The zero-order chi connectivity index (χ0) is 6.27. The molecule has 3 atom stereocenters. The summed E-state index contributed by atoms with van der Waals surface area (Å²) >= 11 is 0. The maximum atomic E-state index is 2.38. The fraction of sp³-hybridized carbons (Fsp3) is 1.00. The Balaban J connectivity index is 0.000000500. The van der Waals surface area contributed by atoms with Crippen LogP contribution >= 0.6 is 0 Å². The molecule has 2 rings (SSSR count). The van der Waals surface area contributed by atoms with Gasteiger partial charge in [0.15, 0.2) is 0 Å². The number of hydrogen-bond donors (Lipinski definition) is 1. The first kappa shape index (κ1) is 8.54. The lowest BCUT2D eigenvalue weighted by molar-refractivity contribution is -0.922. The Bertz CT molecular complexity index is 99.8. The maximum absolute atomic E-state index is 2.38. The van der Waals surface area contributed by atoms with Crippen molar-refractivity contribution >= 4 is 0 Å². The van der Waals surface area contributed by atoms with Crippen molar-refractivity contribution in [2.75, 3.05) is 7.05 Å². The third-order valence-electron chi connectivity index (χ3n) is 3.26. The summed E-state index contributed by atoms with van der Waals surface area (Å²) in [5, 5.41) is 0. The molecule has 10 heavy (non-hydrogen) atoms. The van der Waals surface area contributed by atoms with Gasteiger partial charge in [0.05, 0.1) is 19.1 Å². The Morgan fingerprint density at radius 1 is 1.00 bits per heavy atom. The molecule has 1 unspecified atom stereocenters. The van der Waals surface area contributed by atoms with Crippen LogP contribution in [0.4, 0.5) is 0 Å². The standard InChI is InChI=1S/C8H15N.BrH/c1-9-7-3-2-4-8(9)6-5-7;/h7-8H,2-6H2,1H3;1H/t7-,8+;. The van der Waals surface area contributed by atoms with Crippen LogP contribution < -0.4 is 21.9 Å². The van der Waals surface area contributed by atoms with Crippen molar-refractivity contribution in [3.05, 3.63) is 0 Å². The first-order valence-corrected chi connectivity index (χ1v) is 4.21. The highest BCUT2D eigenvalue weighted by atomic mass is 79.9. The van der Waals surface area contributed by atoms with E-state index in [-0.39, 0.29) is 17.0 Å². The van der Waals surface area contributed by atoms with Gasteiger partial charge in [0, 0.05) is 12.8 Å². The van der Waals surface area contributed by atoms with Gasteiger partial charge < -0.3 is 21.9 Å². The zero-order valence-electron chi connectivity index (χ0n) is 6.57. The van der Waals surface area contributed by atoms with Crippen LogP contribution in [0.2, 0.25) is 0 Å². The molecule has 2 bridgehead atoms. The molecule has 60 valence electrons. The molecule has 0 aliphatic carbocycles. The van der Waals surface area contributed by atoms with Crippen molar-refractivity contribution in [2.45, 2.75) is 44.2 Å². The van der Waals surface area contributed by atoms with E-state index in [2.05, 4.69) is 7.05 Å². The number of halogens is 1. The quantitative estimate of drug-likeness (QED) is 0.437. The van der Waals surface area contributed by atoms with Crippen molar-refractivity contribution in [2.24, 2.45) is 0 Å². The summed E-state index contributed by atoms with van der Waals surface area (Å²) in [5.41, 5.74) is 0. The lowest BCUT2D eigenvalue weighted by Gasteiger charge is -2.27. The Labute approximate surface area is 73.6 Å². The number of quaternary nitrogens is 1. The largest absolute Gasteiger partial charge is 1.00 e. The fourth-order valence-corrected chi connectivity index (χ4v) is 2.55. The minimum absolute atomic E-state index is 0. The van der Waals surface area contributed by atoms with E-state index in [0.29, 0.717) is 0 Å². The van der Waals surface area contributed by atoms with Gasteiger partial charge in [-0.3, -0.25) is 0 Å². The molecule has 0 saturated carbocycles. The molecule has 0 aromatic heterocycles. The van der Waals surface area contributed by atoms with Crippen LogP contribution in [0.15, 0.2) is 0 Å². The third kappa shape index (κ3) is 1.24. The molecule has 2 aliphatic heterocycles. The maximum Gasteiger partial charge on any atom is 0.0877 e. The monoisotopic (exact) mass is 205 g/mol. The minimum atomic E-state index is 0. The molecule has 0 aromatic carbocycles. The van der Waals surface area contributed by atoms with E-state index in [9.17, 15) is 0 Å². The van der Waals surface area contributed by atoms with E-state index in [1.807, 2.05) is 4.90 Å². The SMILES string of the molecule is C[NH+]1[C@@H]2CCC[C@H]1CC2.[Br-]. The normalized spacial score (nSPS) is 44.7. The van der Waals surface area contributed by atoms with Crippen LogP contribution in [-0.4, -0.2) is 19.1 Å². The summed E-state index contributed by atoms with van der Waals surface area (Å²) in [6, 6.07) is 2.09. The second kappa shape index (κ2) is 3.22. The summed E-state index contributed by atoms with van der Waals surface area (Å²) < 4.78 is 0. The van der Waals surface area contributed by atoms with Crippen LogP contribution in [0.3, 0.4) is 0 Å². The first-order valence-electron chi connectivity index (χ1n) is 4.21. The fourth-order valence-electron chi connectivity index (χ4n) is 2.55. The van der Waals surface area contributed by atoms with Crippen LogP contribution in [0.25, 0.3) is 0 Å². The molecule has 1 N–H and O–H groups in total. The van der Waals surface area contributed by atoms with Gasteiger partial charge in [0.1, 0.15) is 0 Å². The molecular formula is C8H16BrN. The number of piperidine rings is 1. The van der Waals surface area contributed by atoms with Crippen LogP contribution in [-0.2, 0) is 0 Å². The average Bonchev–Trinajstić information content (AvgIpc) is 2.19. The molecule has 2 saturated heterocycles. The molecule has 0 spiro atoms. The number of hydrogen-bond acceptors (Lipinski definition) is 0. The van der Waals surface area contributed by atoms with Gasteiger partial charge in [-0.05, 0) is 19.3 Å². The lowest BCUT2D eigenvalue weighted by atomic mass is 10.0. The first-order chi connectivity index (χ1) is 4.38. The van der Waals surface area contributed by atoms with Crippen molar-refractivity contribution < 1.29 is 21.9 Å². The Kier molecular flexibility index (Phi) is 2.75. The van der Waals surface area contributed by atoms with Crippen molar-refractivity contribution in [3.8, 4) is 0 Å². The van der Waals surface area contributed by atoms with E-state index in [4.69, 9.17) is 0 Å². The molecule has 2 aliphatic rings.